The highest BCUT2D eigenvalue weighted by Crippen LogP contribution is 2.35. The summed E-state index contributed by atoms with van der Waals surface area (Å²) in [4.78, 5) is 11.5. The number of carboxylic acids is 1. The average Bonchev–Trinajstić information content (AvgIpc) is 2.64. The van der Waals surface area contributed by atoms with Gasteiger partial charge in [0.25, 0.3) is 0 Å². The maximum absolute atomic E-state index is 10.6. The third-order valence-electron chi connectivity index (χ3n) is 2.41. The lowest BCUT2D eigenvalue weighted by molar-refractivity contribution is -0.149. The summed E-state index contributed by atoms with van der Waals surface area (Å²) in [5.74, 6) is -0.970. The number of hydrogen-bond donors (Lipinski definition) is 1. The van der Waals surface area contributed by atoms with Crippen LogP contribution in [0.4, 0.5) is 0 Å². The van der Waals surface area contributed by atoms with Crippen LogP contribution in [0.15, 0.2) is 24.3 Å². The van der Waals surface area contributed by atoms with Gasteiger partial charge in [-0.25, -0.2) is 4.79 Å². The van der Waals surface area contributed by atoms with Gasteiger partial charge in [0.2, 0.25) is 0 Å². The van der Waals surface area contributed by atoms with Crippen LogP contribution in [-0.4, -0.2) is 17.2 Å². The second-order valence-corrected chi connectivity index (χ2v) is 5.14. The third-order valence-corrected chi connectivity index (χ3v) is 4.10. The fourth-order valence-electron chi connectivity index (χ4n) is 1.43. The molecule has 1 atom stereocenters. The van der Waals surface area contributed by atoms with E-state index in [2.05, 4.69) is 0 Å². The van der Waals surface area contributed by atoms with E-state index in [1.165, 1.54) is 18.3 Å². The van der Waals surface area contributed by atoms with E-state index in [0.29, 0.717) is 5.02 Å². The molecule has 0 spiro atoms. The van der Waals surface area contributed by atoms with Gasteiger partial charge >= 0.3 is 5.97 Å². The number of halogens is 1. The van der Waals surface area contributed by atoms with Crippen LogP contribution in [0, 0.1) is 0 Å². The minimum absolute atomic E-state index is 0.228. The summed E-state index contributed by atoms with van der Waals surface area (Å²) < 4.78 is 6.31. The average molecular weight is 271 g/mol. The van der Waals surface area contributed by atoms with Crippen LogP contribution in [0.5, 0.6) is 0 Å². The van der Waals surface area contributed by atoms with Crippen molar-refractivity contribution in [1.82, 2.24) is 0 Å². The topological polar surface area (TPSA) is 46.5 Å². The Morgan fingerprint density at radius 1 is 1.53 bits per heavy atom. The van der Waals surface area contributed by atoms with Gasteiger partial charge in [-0.2, -0.15) is 0 Å². The Labute approximate surface area is 108 Å². The van der Waals surface area contributed by atoms with Gasteiger partial charge in [-0.05, 0) is 13.0 Å². The minimum Gasteiger partial charge on any atom is -0.479 e. The molecular formula is C12H11ClO3S. The van der Waals surface area contributed by atoms with E-state index in [1.54, 1.807) is 0 Å². The number of aliphatic carboxylic acids is 1. The fraction of sp³-hybridized carbons (Fsp3) is 0.250. The van der Waals surface area contributed by atoms with E-state index < -0.39 is 12.1 Å². The van der Waals surface area contributed by atoms with Gasteiger partial charge in [0, 0.05) is 10.1 Å². The van der Waals surface area contributed by atoms with Crippen molar-refractivity contribution in [2.45, 2.75) is 19.6 Å². The lowest BCUT2D eigenvalue weighted by Crippen LogP contribution is -2.19. The molecule has 0 saturated carbocycles. The number of thiophene rings is 1. The van der Waals surface area contributed by atoms with Crippen LogP contribution < -0.4 is 0 Å². The highest BCUT2D eigenvalue weighted by Gasteiger charge is 2.14. The van der Waals surface area contributed by atoms with Gasteiger partial charge < -0.3 is 9.84 Å². The number of carboxylic acid groups (broad SMARTS) is 1. The first-order chi connectivity index (χ1) is 8.09. The van der Waals surface area contributed by atoms with Gasteiger partial charge in [-0.1, -0.05) is 29.8 Å². The lowest BCUT2D eigenvalue weighted by Gasteiger charge is -2.06. The molecule has 1 aromatic heterocycles. The summed E-state index contributed by atoms with van der Waals surface area (Å²) in [5.41, 5.74) is 0. The number of ether oxygens (including phenoxy) is 1. The molecule has 0 radical (unpaired) electrons. The Bertz CT molecular complexity index is 550. The van der Waals surface area contributed by atoms with E-state index >= 15 is 0 Å². The van der Waals surface area contributed by atoms with Crippen molar-refractivity contribution in [3.8, 4) is 0 Å². The summed E-state index contributed by atoms with van der Waals surface area (Å²) in [6.07, 6.45) is -0.823. The SMILES string of the molecule is C[C@H](OCc1sc2ccccc2c1Cl)C(=O)O. The van der Waals surface area contributed by atoms with Crippen molar-refractivity contribution in [3.05, 3.63) is 34.2 Å². The minimum atomic E-state index is -0.970. The van der Waals surface area contributed by atoms with Crippen molar-refractivity contribution in [3.63, 3.8) is 0 Å². The molecule has 0 saturated heterocycles. The number of benzene rings is 1. The molecular weight excluding hydrogens is 260 g/mol. The second-order valence-electron chi connectivity index (χ2n) is 3.63. The zero-order valence-electron chi connectivity index (χ0n) is 9.14. The summed E-state index contributed by atoms with van der Waals surface area (Å²) in [6, 6.07) is 7.79. The van der Waals surface area contributed by atoms with Crippen molar-refractivity contribution in [1.29, 1.82) is 0 Å². The molecule has 3 nitrogen and oxygen atoms in total. The number of carbonyl (C=O) groups is 1. The number of rotatable bonds is 4. The Morgan fingerprint density at radius 3 is 2.88 bits per heavy atom. The zero-order chi connectivity index (χ0) is 12.4. The van der Waals surface area contributed by atoms with Crippen molar-refractivity contribution in [2.75, 3.05) is 0 Å². The standard InChI is InChI=1S/C12H11ClO3S/c1-7(12(14)15)16-6-10-11(13)8-4-2-3-5-9(8)17-10/h2-5,7H,6H2,1H3,(H,14,15)/t7-/m0/s1. The van der Waals surface area contributed by atoms with Gasteiger partial charge in [0.1, 0.15) is 0 Å². The molecule has 5 heteroatoms. The molecule has 0 bridgehead atoms. The summed E-state index contributed by atoms with van der Waals surface area (Å²) in [5, 5.41) is 10.4. The normalized spacial score (nSPS) is 12.8. The maximum atomic E-state index is 10.6. The first-order valence-electron chi connectivity index (χ1n) is 5.10. The summed E-state index contributed by atoms with van der Waals surface area (Å²) >= 11 is 7.73. The molecule has 0 aliphatic heterocycles. The van der Waals surface area contributed by atoms with E-state index in [0.717, 1.165) is 15.0 Å². The molecule has 0 unspecified atom stereocenters. The van der Waals surface area contributed by atoms with Crippen molar-refractivity contribution >= 4 is 39.0 Å². The van der Waals surface area contributed by atoms with Crippen LogP contribution in [0.1, 0.15) is 11.8 Å². The van der Waals surface area contributed by atoms with Crippen LogP contribution >= 0.6 is 22.9 Å². The lowest BCUT2D eigenvalue weighted by atomic mass is 10.2. The second kappa shape index (κ2) is 5.04. The van der Waals surface area contributed by atoms with E-state index in [-0.39, 0.29) is 6.61 Å². The van der Waals surface area contributed by atoms with Crippen LogP contribution in [0.2, 0.25) is 5.02 Å². The zero-order valence-corrected chi connectivity index (χ0v) is 10.7. The largest absolute Gasteiger partial charge is 0.479 e. The van der Waals surface area contributed by atoms with E-state index in [4.69, 9.17) is 21.4 Å². The molecule has 1 N–H and O–H groups in total. The number of fused-ring (bicyclic) bond motifs is 1. The van der Waals surface area contributed by atoms with Gasteiger partial charge in [-0.3, -0.25) is 0 Å². The Kier molecular flexibility index (Phi) is 3.66. The van der Waals surface area contributed by atoms with Crippen molar-refractivity contribution in [2.24, 2.45) is 0 Å². The third kappa shape index (κ3) is 2.60. The summed E-state index contributed by atoms with van der Waals surface area (Å²) in [7, 11) is 0. The van der Waals surface area contributed by atoms with E-state index in [1.807, 2.05) is 24.3 Å². The first-order valence-corrected chi connectivity index (χ1v) is 6.29. The van der Waals surface area contributed by atoms with Crippen molar-refractivity contribution < 1.29 is 14.6 Å². The predicted octanol–water partition coefficient (Wildman–Crippen LogP) is 3.54. The predicted molar refractivity (Wildman–Crippen MR) is 68.7 cm³/mol. The van der Waals surface area contributed by atoms with Gasteiger partial charge in [0.05, 0.1) is 16.5 Å². The molecule has 1 aromatic carbocycles. The van der Waals surface area contributed by atoms with Crippen LogP contribution in [0.25, 0.3) is 10.1 Å². The smallest absolute Gasteiger partial charge is 0.332 e. The first kappa shape index (κ1) is 12.4. The molecule has 0 fully saturated rings. The van der Waals surface area contributed by atoms with Crippen LogP contribution in [-0.2, 0) is 16.1 Å². The number of hydrogen-bond acceptors (Lipinski definition) is 3. The highest BCUT2D eigenvalue weighted by molar-refractivity contribution is 7.19. The Hall–Kier alpha value is -1.10. The Morgan fingerprint density at radius 2 is 2.24 bits per heavy atom. The Balaban J connectivity index is 2.19. The van der Waals surface area contributed by atoms with Gasteiger partial charge in [-0.15, -0.1) is 11.3 Å². The molecule has 0 amide bonds. The highest BCUT2D eigenvalue weighted by atomic mass is 35.5. The quantitative estimate of drug-likeness (QED) is 0.924. The van der Waals surface area contributed by atoms with E-state index in [9.17, 15) is 4.79 Å². The van der Waals surface area contributed by atoms with Crippen LogP contribution in [0.3, 0.4) is 0 Å². The molecule has 2 rings (SSSR count). The maximum Gasteiger partial charge on any atom is 0.332 e. The molecule has 1 heterocycles. The molecule has 0 aliphatic carbocycles. The molecule has 2 aromatic rings. The van der Waals surface area contributed by atoms with Gasteiger partial charge in [0.15, 0.2) is 6.10 Å². The fourth-order valence-corrected chi connectivity index (χ4v) is 2.84. The summed E-state index contributed by atoms with van der Waals surface area (Å²) in [6.45, 7) is 1.73. The molecule has 90 valence electrons. The monoisotopic (exact) mass is 270 g/mol. The molecule has 0 aliphatic rings. The molecule has 17 heavy (non-hydrogen) atoms.